The van der Waals surface area contributed by atoms with Crippen LogP contribution < -0.4 is 4.74 Å². The highest BCUT2D eigenvalue weighted by molar-refractivity contribution is 7.99. The Hall–Kier alpha value is -3.70. The molecule has 3 aromatic carbocycles. The first-order valence-corrected chi connectivity index (χ1v) is 11.6. The molecule has 1 aromatic heterocycles. The molecule has 166 valence electrons. The van der Waals surface area contributed by atoms with E-state index in [4.69, 9.17) is 14.3 Å². The van der Waals surface area contributed by atoms with Crippen LogP contribution in [0.15, 0.2) is 107 Å². The zero-order valence-corrected chi connectivity index (χ0v) is 19.0. The minimum Gasteiger partial charge on any atom is -0.482 e. The lowest BCUT2D eigenvalue weighted by atomic mass is 9.99. The predicted molar refractivity (Wildman–Crippen MR) is 133 cm³/mol. The monoisotopic (exact) mass is 456 g/mol. The Labute approximate surface area is 197 Å². The maximum absolute atomic E-state index is 10.7. The molecule has 4 aromatic rings. The summed E-state index contributed by atoms with van der Waals surface area (Å²) < 4.78 is 11.0. The lowest BCUT2D eigenvalue weighted by molar-refractivity contribution is -0.139. The molecule has 4 nitrogen and oxygen atoms in total. The molecule has 33 heavy (non-hydrogen) atoms. The quantitative estimate of drug-likeness (QED) is 0.276. The molecule has 0 amide bonds. The van der Waals surface area contributed by atoms with Crippen molar-refractivity contribution in [3.63, 3.8) is 0 Å². The van der Waals surface area contributed by atoms with Gasteiger partial charge < -0.3 is 14.3 Å². The van der Waals surface area contributed by atoms with E-state index in [1.54, 1.807) is 18.0 Å². The van der Waals surface area contributed by atoms with Crippen LogP contribution in [0, 0.1) is 6.92 Å². The molecular formula is C28H24O4S. The first kappa shape index (κ1) is 22.5. The van der Waals surface area contributed by atoms with E-state index in [1.807, 2.05) is 55.5 Å². The SMILES string of the molecule is Cc1cc(SC/C=C(\c2ccc(-c3ccccc3)cc2)c2ccco2)ccc1OCC(=O)O. The number of hydrogen-bond acceptors (Lipinski definition) is 4. The van der Waals surface area contributed by atoms with Gasteiger partial charge in [-0.1, -0.05) is 60.7 Å². The van der Waals surface area contributed by atoms with Gasteiger partial charge in [-0.05, 0) is 59.5 Å². The molecule has 0 saturated heterocycles. The number of hydrogen-bond donors (Lipinski definition) is 1. The highest BCUT2D eigenvalue weighted by atomic mass is 32.2. The minimum absolute atomic E-state index is 0.342. The van der Waals surface area contributed by atoms with Crippen LogP contribution in [0.5, 0.6) is 5.75 Å². The summed E-state index contributed by atoms with van der Waals surface area (Å²) >= 11 is 1.70. The number of furan rings is 1. The van der Waals surface area contributed by atoms with E-state index in [0.717, 1.165) is 33.1 Å². The van der Waals surface area contributed by atoms with Crippen LogP contribution in [0.1, 0.15) is 16.9 Å². The van der Waals surface area contributed by atoms with Gasteiger partial charge in [-0.15, -0.1) is 11.8 Å². The summed E-state index contributed by atoms with van der Waals surface area (Å²) in [6, 6.07) is 28.5. The molecule has 0 radical (unpaired) electrons. The Morgan fingerprint density at radius 1 is 0.970 bits per heavy atom. The third kappa shape index (κ3) is 5.96. The van der Waals surface area contributed by atoms with Crippen LogP contribution in [-0.2, 0) is 4.79 Å². The topological polar surface area (TPSA) is 59.7 Å². The van der Waals surface area contributed by atoms with Gasteiger partial charge in [0.2, 0.25) is 0 Å². The summed E-state index contributed by atoms with van der Waals surface area (Å²) in [6.07, 6.45) is 3.86. The van der Waals surface area contributed by atoms with Crippen molar-refractivity contribution in [2.45, 2.75) is 11.8 Å². The van der Waals surface area contributed by atoms with Crippen molar-refractivity contribution in [2.24, 2.45) is 0 Å². The normalized spacial score (nSPS) is 11.4. The number of aryl methyl sites for hydroxylation is 1. The summed E-state index contributed by atoms with van der Waals surface area (Å²) in [6.45, 7) is 1.57. The first-order valence-electron chi connectivity index (χ1n) is 10.6. The molecule has 0 aliphatic carbocycles. The number of carboxylic acid groups (broad SMARTS) is 1. The molecule has 0 atom stereocenters. The number of rotatable bonds is 9. The Bertz CT molecular complexity index is 1230. The van der Waals surface area contributed by atoms with Crippen LogP contribution in [0.2, 0.25) is 0 Å². The van der Waals surface area contributed by atoms with Crippen molar-refractivity contribution in [3.05, 3.63) is 114 Å². The highest BCUT2D eigenvalue weighted by Gasteiger charge is 2.09. The molecule has 4 rings (SSSR count). The maximum Gasteiger partial charge on any atom is 0.341 e. The second-order valence-corrected chi connectivity index (χ2v) is 8.55. The number of aliphatic carboxylic acids is 1. The fourth-order valence-electron chi connectivity index (χ4n) is 3.50. The molecule has 0 unspecified atom stereocenters. The van der Waals surface area contributed by atoms with Crippen LogP contribution >= 0.6 is 11.8 Å². The van der Waals surface area contributed by atoms with Gasteiger partial charge in [0.25, 0.3) is 0 Å². The molecular weight excluding hydrogens is 432 g/mol. The third-order valence-corrected chi connectivity index (χ3v) is 6.05. The Kier molecular flexibility index (Phi) is 7.33. The molecule has 0 aliphatic heterocycles. The van der Waals surface area contributed by atoms with Crippen molar-refractivity contribution >= 4 is 23.3 Å². The molecule has 0 aliphatic rings. The van der Waals surface area contributed by atoms with Gasteiger partial charge in [-0.2, -0.15) is 0 Å². The average Bonchev–Trinajstić information content (AvgIpc) is 3.36. The lowest BCUT2D eigenvalue weighted by Crippen LogP contribution is -2.09. The summed E-state index contributed by atoms with van der Waals surface area (Å²) in [7, 11) is 0. The van der Waals surface area contributed by atoms with Gasteiger partial charge in [0, 0.05) is 16.2 Å². The zero-order valence-electron chi connectivity index (χ0n) is 18.2. The molecule has 1 N–H and O–H groups in total. The molecule has 0 spiro atoms. The molecule has 5 heteroatoms. The van der Waals surface area contributed by atoms with Gasteiger partial charge in [0.05, 0.1) is 6.26 Å². The smallest absolute Gasteiger partial charge is 0.341 e. The number of carbonyl (C=O) groups is 1. The van der Waals surface area contributed by atoms with Crippen molar-refractivity contribution in [1.82, 2.24) is 0 Å². The van der Waals surface area contributed by atoms with Crippen molar-refractivity contribution in [2.75, 3.05) is 12.4 Å². The van der Waals surface area contributed by atoms with Gasteiger partial charge in [0.1, 0.15) is 11.5 Å². The van der Waals surface area contributed by atoms with Gasteiger partial charge in [0.15, 0.2) is 6.61 Å². The van der Waals surface area contributed by atoms with E-state index in [9.17, 15) is 4.79 Å². The van der Waals surface area contributed by atoms with Crippen molar-refractivity contribution < 1.29 is 19.1 Å². The van der Waals surface area contributed by atoms with Crippen LogP contribution in [0.3, 0.4) is 0 Å². The summed E-state index contributed by atoms with van der Waals surface area (Å²) in [5.74, 6) is 1.19. The molecule has 0 saturated carbocycles. The zero-order chi connectivity index (χ0) is 23.0. The van der Waals surface area contributed by atoms with Gasteiger partial charge >= 0.3 is 5.97 Å². The van der Waals surface area contributed by atoms with Crippen LogP contribution in [-0.4, -0.2) is 23.4 Å². The van der Waals surface area contributed by atoms with E-state index < -0.39 is 5.97 Å². The number of ether oxygens (including phenoxy) is 1. The summed E-state index contributed by atoms with van der Waals surface area (Å²) in [5.41, 5.74) is 5.42. The summed E-state index contributed by atoms with van der Waals surface area (Å²) in [5, 5.41) is 8.79. The molecule has 0 fully saturated rings. The number of carboxylic acids is 1. The first-order chi connectivity index (χ1) is 16.1. The largest absolute Gasteiger partial charge is 0.482 e. The van der Waals surface area contributed by atoms with E-state index in [-0.39, 0.29) is 6.61 Å². The predicted octanol–water partition coefficient (Wildman–Crippen LogP) is 6.94. The van der Waals surface area contributed by atoms with Gasteiger partial charge in [-0.3, -0.25) is 0 Å². The molecule has 0 bridgehead atoms. The fraction of sp³-hybridized carbons (Fsp3) is 0.107. The maximum atomic E-state index is 10.7. The summed E-state index contributed by atoms with van der Waals surface area (Å²) in [4.78, 5) is 11.8. The number of thioether (sulfide) groups is 1. The Morgan fingerprint density at radius 2 is 1.73 bits per heavy atom. The second kappa shape index (κ2) is 10.7. The van der Waals surface area contributed by atoms with Crippen molar-refractivity contribution in [3.8, 4) is 16.9 Å². The van der Waals surface area contributed by atoms with E-state index in [0.29, 0.717) is 5.75 Å². The highest BCUT2D eigenvalue weighted by Crippen LogP contribution is 2.30. The average molecular weight is 457 g/mol. The number of benzene rings is 3. The fourth-order valence-corrected chi connectivity index (χ4v) is 4.37. The second-order valence-electron chi connectivity index (χ2n) is 7.46. The molecule has 1 heterocycles. The van der Waals surface area contributed by atoms with Crippen LogP contribution in [0.25, 0.3) is 16.7 Å². The lowest BCUT2D eigenvalue weighted by Gasteiger charge is -2.10. The van der Waals surface area contributed by atoms with E-state index >= 15 is 0 Å². The Balaban J connectivity index is 1.50. The third-order valence-electron chi connectivity index (χ3n) is 5.12. The van der Waals surface area contributed by atoms with Crippen LogP contribution in [0.4, 0.5) is 0 Å². The standard InChI is InChI=1S/C28H24O4S/c1-20-18-24(13-14-26(20)32-19-28(29)30)33-17-15-25(27-8-5-16-31-27)23-11-9-22(10-12-23)21-6-3-2-4-7-21/h2-16,18H,17,19H2,1H3,(H,29,30)/b25-15+. The minimum atomic E-state index is -0.986. The van der Waals surface area contributed by atoms with Gasteiger partial charge in [-0.25, -0.2) is 4.79 Å². The van der Waals surface area contributed by atoms with Crippen molar-refractivity contribution in [1.29, 1.82) is 0 Å². The van der Waals surface area contributed by atoms with E-state index in [1.165, 1.54) is 11.1 Å². The Morgan fingerprint density at radius 3 is 2.39 bits per heavy atom. The van der Waals surface area contributed by atoms with E-state index in [2.05, 4.69) is 42.5 Å².